The van der Waals surface area contributed by atoms with Gasteiger partial charge in [-0.3, -0.25) is 0 Å². The van der Waals surface area contributed by atoms with Crippen molar-refractivity contribution in [1.29, 1.82) is 0 Å². The van der Waals surface area contributed by atoms with Crippen LogP contribution in [0.15, 0.2) is 18.2 Å². The smallest absolute Gasteiger partial charge is 0.156 e. The van der Waals surface area contributed by atoms with Crippen molar-refractivity contribution in [2.24, 2.45) is 0 Å². The molecule has 0 aromatic heterocycles. The predicted octanol–water partition coefficient (Wildman–Crippen LogP) is 2.50. The maximum absolute atomic E-state index is 9.91. The number of benzene rings is 1. The van der Waals surface area contributed by atoms with Gasteiger partial charge in [0.1, 0.15) is 12.7 Å². The number of rotatable bonds is 6. The molecule has 112 valence electrons. The van der Waals surface area contributed by atoms with E-state index in [0.29, 0.717) is 35.0 Å². The van der Waals surface area contributed by atoms with Crippen LogP contribution >= 0.6 is 23.2 Å². The number of halogens is 2. The van der Waals surface area contributed by atoms with E-state index >= 15 is 0 Å². The zero-order valence-corrected chi connectivity index (χ0v) is 12.7. The van der Waals surface area contributed by atoms with Crippen molar-refractivity contribution in [3.63, 3.8) is 0 Å². The molecule has 1 aliphatic rings. The van der Waals surface area contributed by atoms with Gasteiger partial charge in [-0.1, -0.05) is 29.3 Å². The molecule has 1 fully saturated rings. The van der Waals surface area contributed by atoms with Crippen molar-refractivity contribution in [2.45, 2.75) is 25.0 Å². The highest BCUT2D eigenvalue weighted by atomic mass is 35.5. The minimum atomic E-state index is -0.621. The van der Waals surface area contributed by atoms with E-state index in [4.69, 9.17) is 32.7 Å². The van der Waals surface area contributed by atoms with Crippen molar-refractivity contribution >= 4 is 23.2 Å². The summed E-state index contributed by atoms with van der Waals surface area (Å²) in [7, 11) is 0. The summed E-state index contributed by atoms with van der Waals surface area (Å²) < 4.78 is 10.8. The zero-order chi connectivity index (χ0) is 14.4. The summed E-state index contributed by atoms with van der Waals surface area (Å²) in [4.78, 5) is 0. The fourth-order valence-corrected chi connectivity index (χ4v) is 2.57. The van der Waals surface area contributed by atoms with E-state index in [-0.39, 0.29) is 6.61 Å². The molecule has 6 heteroatoms. The van der Waals surface area contributed by atoms with Crippen LogP contribution in [0.2, 0.25) is 10.0 Å². The maximum atomic E-state index is 9.91. The number of para-hydroxylation sites is 1. The molecule has 0 spiro atoms. The summed E-state index contributed by atoms with van der Waals surface area (Å²) in [6.07, 6.45) is 1.51. The minimum Gasteiger partial charge on any atom is -0.488 e. The predicted molar refractivity (Wildman–Crippen MR) is 79.8 cm³/mol. The van der Waals surface area contributed by atoms with Crippen LogP contribution in [0.25, 0.3) is 0 Å². The maximum Gasteiger partial charge on any atom is 0.156 e. The van der Waals surface area contributed by atoms with Gasteiger partial charge in [0.15, 0.2) is 5.75 Å². The Labute approximate surface area is 129 Å². The lowest BCUT2D eigenvalue weighted by Gasteiger charge is -2.24. The summed E-state index contributed by atoms with van der Waals surface area (Å²) in [5.41, 5.74) is 0. The van der Waals surface area contributed by atoms with E-state index < -0.39 is 6.10 Å². The summed E-state index contributed by atoms with van der Waals surface area (Å²) in [5, 5.41) is 14.1. The molecule has 0 amide bonds. The van der Waals surface area contributed by atoms with Crippen molar-refractivity contribution < 1.29 is 14.6 Å². The van der Waals surface area contributed by atoms with Gasteiger partial charge in [-0.25, -0.2) is 0 Å². The Morgan fingerprint density at radius 1 is 1.40 bits per heavy atom. The van der Waals surface area contributed by atoms with Crippen LogP contribution in [0, 0.1) is 0 Å². The first-order valence-electron chi connectivity index (χ1n) is 6.73. The van der Waals surface area contributed by atoms with E-state index in [2.05, 4.69) is 5.32 Å². The third-order valence-corrected chi connectivity index (χ3v) is 3.74. The van der Waals surface area contributed by atoms with Gasteiger partial charge in [0, 0.05) is 19.2 Å². The molecule has 1 aromatic carbocycles. The fourth-order valence-electron chi connectivity index (χ4n) is 2.06. The highest BCUT2D eigenvalue weighted by Gasteiger charge is 2.15. The normalized spacial score (nSPS) is 20.6. The number of aliphatic hydroxyl groups is 1. The average Bonchev–Trinajstić information content (AvgIpc) is 2.46. The molecule has 2 rings (SSSR count). The first-order valence-corrected chi connectivity index (χ1v) is 7.48. The van der Waals surface area contributed by atoms with Crippen LogP contribution in [0.3, 0.4) is 0 Å². The standard InChI is InChI=1S/C14H19Cl2NO3/c15-12-4-1-5-13(16)14(12)20-9-11(18)7-17-10-3-2-6-19-8-10/h1,4-5,10-11,17-18H,2-3,6-9H2. The number of aliphatic hydroxyl groups excluding tert-OH is 1. The lowest BCUT2D eigenvalue weighted by Crippen LogP contribution is -2.42. The molecule has 2 unspecified atom stereocenters. The van der Waals surface area contributed by atoms with E-state index in [1.807, 2.05) is 0 Å². The molecule has 0 saturated carbocycles. The number of ether oxygens (including phenoxy) is 2. The lowest BCUT2D eigenvalue weighted by atomic mass is 10.1. The largest absolute Gasteiger partial charge is 0.488 e. The van der Waals surface area contributed by atoms with Crippen molar-refractivity contribution in [3.8, 4) is 5.75 Å². The molecule has 2 N–H and O–H groups in total. The minimum absolute atomic E-state index is 0.143. The Kier molecular flexibility index (Phi) is 6.39. The highest BCUT2D eigenvalue weighted by molar-refractivity contribution is 6.37. The van der Waals surface area contributed by atoms with Crippen LogP contribution in [-0.4, -0.2) is 43.6 Å². The molecular weight excluding hydrogens is 301 g/mol. The summed E-state index contributed by atoms with van der Waals surface area (Å²) in [6.45, 7) is 2.12. The van der Waals surface area contributed by atoms with Crippen LogP contribution in [0.1, 0.15) is 12.8 Å². The second-order valence-corrected chi connectivity index (χ2v) is 5.65. The molecule has 0 radical (unpaired) electrons. The second-order valence-electron chi connectivity index (χ2n) is 4.84. The Morgan fingerprint density at radius 2 is 2.15 bits per heavy atom. The average molecular weight is 320 g/mol. The molecular formula is C14H19Cl2NO3. The second kappa shape index (κ2) is 8.05. The van der Waals surface area contributed by atoms with E-state index in [1.165, 1.54) is 0 Å². The van der Waals surface area contributed by atoms with Gasteiger partial charge in [-0.2, -0.15) is 0 Å². The number of hydrogen-bond donors (Lipinski definition) is 2. The monoisotopic (exact) mass is 319 g/mol. The van der Waals surface area contributed by atoms with Crippen molar-refractivity contribution in [3.05, 3.63) is 28.2 Å². The van der Waals surface area contributed by atoms with Gasteiger partial charge in [-0.05, 0) is 25.0 Å². The lowest BCUT2D eigenvalue weighted by molar-refractivity contribution is 0.0572. The van der Waals surface area contributed by atoms with E-state index in [1.54, 1.807) is 18.2 Å². The van der Waals surface area contributed by atoms with Crippen molar-refractivity contribution in [1.82, 2.24) is 5.32 Å². The van der Waals surface area contributed by atoms with Crippen LogP contribution in [0.5, 0.6) is 5.75 Å². The van der Waals surface area contributed by atoms with E-state index in [9.17, 15) is 5.11 Å². The molecule has 1 heterocycles. The summed E-state index contributed by atoms with van der Waals surface area (Å²) in [5.74, 6) is 0.413. The van der Waals surface area contributed by atoms with Crippen LogP contribution in [-0.2, 0) is 4.74 Å². The molecule has 0 aliphatic carbocycles. The zero-order valence-electron chi connectivity index (χ0n) is 11.1. The number of hydrogen-bond acceptors (Lipinski definition) is 4. The Hall–Kier alpha value is -0.520. The summed E-state index contributed by atoms with van der Waals surface area (Å²) >= 11 is 12.0. The molecule has 4 nitrogen and oxygen atoms in total. The van der Waals surface area contributed by atoms with Gasteiger partial charge in [0.2, 0.25) is 0 Å². The Bertz CT molecular complexity index is 405. The van der Waals surface area contributed by atoms with Crippen LogP contribution in [0.4, 0.5) is 0 Å². The van der Waals surface area contributed by atoms with Gasteiger partial charge in [0.25, 0.3) is 0 Å². The van der Waals surface area contributed by atoms with Crippen molar-refractivity contribution in [2.75, 3.05) is 26.4 Å². The van der Waals surface area contributed by atoms with Gasteiger partial charge in [-0.15, -0.1) is 0 Å². The van der Waals surface area contributed by atoms with Crippen LogP contribution < -0.4 is 10.1 Å². The Morgan fingerprint density at radius 3 is 2.80 bits per heavy atom. The third kappa shape index (κ3) is 4.79. The van der Waals surface area contributed by atoms with Gasteiger partial charge < -0.3 is 19.9 Å². The van der Waals surface area contributed by atoms with Gasteiger partial charge >= 0.3 is 0 Å². The topological polar surface area (TPSA) is 50.7 Å². The molecule has 1 saturated heterocycles. The first kappa shape index (κ1) is 15.9. The molecule has 1 aromatic rings. The molecule has 1 aliphatic heterocycles. The first-order chi connectivity index (χ1) is 9.66. The molecule has 20 heavy (non-hydrogen) atoms. The Balaban J connectivity index is 1.73. The SMILES string of the molecule is OC(CNC1CCCOC1)COc1c(Cl)cccc1Cl. The van der Waals surface area contributed by atoms with E-state index in [0.717, 1.165) is 19.4 Å². The third-order valence-electron chi connectivity index (χ3n) is 3.14. The van der Waals surface area contributed by atoms with Gasteiger partial charge in [0.05, 0.1) is 16.7 Å². The molecule has 2 atom stereocenters. The fraction of sp³-hybridized carbons (Fsp3) is 0.571. The molecule has 0 bridgehead atoms. The highest BCUT2D eigenvalue weighted by Crippen LogP contribution is 2.32. The quantitative estimate of drug-likeness (QED) is 0.846. The number of nitrogens with one attached hydrogen (secondary N) is 1. The summed E-state index contributed by atoms with van der Waals surface area (Å²) in [6, 6.07) is 5.46.